The summed E-state index contributed by atoms with van der Waals surface area (Å²) in [6, 6.07) is 7.76. The summed E-state index contributed by atoms with van der Waals surface area (Å²) in [5.41, 5.74) is 0.945. The molecule has 2 heteroatoms. The van der Waals surface area contributed by atoms with Gasteiger partial charge in [0.25, 0.3) is 0 Å². The minimum Gasteiger partial charge on any atom is -0.390 e. The van der Waals surface area contributed by atoms with Crippen molar-refractivity contribution in [1.82, 2.24) is 0 Å². The van der Waals surface area contributed by atoms with E-state index in [-0.39, 0.29) is 0 Å². The van der Waals surface area contributed by atoms with Crippen LogP contribution in [0.1, 0.15) is 24.5 Å². The fourth-order valence-electron chi connectivity index (χ4n) is 1.98. The fourth-order valence-corrected chi connectivity index (χ4v) is 1.98. The van der Waals surface area contributed by atoms with Gasteiger partial charge in [-0.05, 0) is 30.9 Å². The molecule has 0 heterocycles. The fraction of sp³-hybridized carbons (Fsp3) is 0.455. The Hall–Kier alpha value is -0.860. The predicted octanol–water partition coefficient (Wildman–Crippen LogP) is 1.20. The molecule has 0 fully saturated rings. The van der Waals surface area contributed by atoms with Crippen molar-refractivity contribution >= 4 is 0 Å². The van der Waals surface area contributed by atoms with E-state index in [9.17, 15) is 10.2 Å². The van der Waals surface area contributed by atoms with Crippen molar-refractivity contribution in [3.63, 3.8) is 0 Å². The average Bonchev–Trinajstić information content (AvgIpc) is 2.13. The summed E-state index contributed by atoms with van der Waals surface area (Å²) in [4.78, 5) is 0. The van der Waals surface area contributed by atoms with Gasteiger partial charge in [-0.25, -0.2) is 0 Å². The lowest BCUT2D eigenvalue weighted by Gasteiger charge is -2.35. The monoisotopic (exact) mass is 178 g/mol. The third kappa shape index (κ3) is 1.26. The Morgan fingerprint density at radius 2 is 2.08 bits per heavy atom. The lowest BCUT2D eigenvalue weighted by molar-refractivity contribution is -0.0765. The molecule has 0 amide bonds. The smallest absolute Gasteiger partial charge is 0.113 e. The third-order valence-corrected chi connectivity index (χ3v) is 2.90. The number of aryl methyl sites for hydroxylation is 1. The van der Waals surface area contributed by atoms with E-state index in [1.165, 1.54) is 0 Å². The molecule has 0 saturated carbocycles. The van der Waals surface area contributed by atoms with Gasteiger partial charge >= 0.3 is 0 Å². The van der Waals surface area contributed by atoms with E-state index in [2.05, 4.69) is 0 Å². The van der Waals surface area contributed by atoms with Crippen LogP contribution < -0.4 is 0 Å². The maximum atomic E-state index is 10.0. The van der Waals surface area contributed by atoms with Gasteiger partial charge < -0.3 is 10.2 Å². The van der Waals surface area contributed by atoms with Crippen molar-refractivity contribution in [3.05, 3.63) is 35.4 Å². The molecule has 1 aromatic carbocycles. The first-order chi connectivity index (χ1) is 6.12. The van der Waals surface area contributed by atoms with Crippen LogP contribution in [0.3, 0.4) is 0 Å². The number of hydrogen-bond acceptors (Lipinski definition) is 2. The van der Waals surface area contributed by atoms with E-state index in [4.69, 9.17) is 0 Å². The van der Waals surface area contributed by atoms with E-state index in [1.54, 1.807) is 6.92 Å². The molecule has 2 rings (SSSR count). The van der Waals surface area contributed by atoms with E-state index < -0.39 is 11.7 Å². The maximum absolute atomic E-state index is 10.0. The zero-order chi connectivity index (χ0) is 9.47. The highest BCUT2D eigenvalue weighted by molar-refractivity contribution is 5.35. The van der Waals surface area contributed by atoms with E-state index in [0.717, 1.165) is 17.5 Å². The Kier molecular flexibility index (Phi) is 1.90. The zero-order valence-electron chi connectivity index (χ0n) is 7.70. The average molecular weight is 178 g/mol. The van der Waals surface area contributed by atoms with Gasteiger partial charge in [0.05, 0.1) is 6.10 Å². The molecule has 2 N–H and O–H groups in total. The third-order valence-electron chi connectivity index (χ3n) is 2.90. The zero-order valence-corrected chi connectivity index (χ0v) is 7.70. The van der Waals surface area contributed by atoms with Gasteiger partial charge in [0.1, 0.15) is 5.60 Å². The van der Waals surface area contributed by atoms with Crippen LogP contribution >= 0.6 is 0 Å². The molecule has 1 aliphatic rings. The molecule has 0 aromatic heterocycles. The molecule has 0 radical (unpaired) electrons. The number of aliphatic hydroxyl groups excluding tert-OH is 1. The van der Waals surface area contributed by atoms with Crippen molar-refractivity contribution in [1.29, 1.82) is 0 Å². The normalized spacial score (nSPS) is 32.7. The molecular formula is C11H14O2. The van der Waals surface area contributed by atoms with Gasteiger partial charge in [0, 0.05) is 0 Å². The molecule has 2 atom stereocenters. The molecule has 0 unspecified atom stereocenters. The van der Waals surface area contributed by atoms with Gasteiger partial charge in [-0.3, -0.25) is 0 Å². The molecule has 2 nitrogen and oxygen atoms in total. The largest absolute Gasteiger partial charge is 0.390 e. The van der Waals surface area contributed by atoms with Gasteiger partial charge in [0.15, 0.2) is 0 Å². The van der Waals surface area contributed by atoms with E-state index >= 15 is 0 Å². The minimum atomic E-state index is -1.07. The van der Waals surface area contributed by atoms with E-state index in [0.29, 0.717) is 6.42 Å². The highest BCUT2D eigenvalue weighted by atomic mass is 16.3. The standard InChI is InChI=1S/C11H14O2/c1-11(13)9-5-3-2-4-8(9)6-7-10(11)12/h2-5,10,12-13H,6-7H2,1H3/t10-,11+/m1/s1. The Morgan fingerprint density at radius 3 is 2.85 bits per heavy atom. The molecule has 0 saturated heterocycles. The summed E-state index contributed by atoms with van der Waals surface area (Å²) in [5, 5.41) is 19.7. The van der Waals surface area contributed by atoms with Crippen molar-refractivity contribution in [3.8, 4) is 0 Å². The van der Waals surface area contributed by atoms with Gasteiger partial charge in [-0.2, -0.15) is 0 Å². The summed E-state index contributed by atoms with van der Waals surface area (Å²) in [6.45, 7) is 1.68. The molecule has 70 valence electrons. The Morgan fingerprint density at radius 1 is 1.38 bits per heavy atom. The van der Waals surface area contributed by atoms with Crippen LogP contribution in [0, 0.1) is 0 Å². The second kappa shape index (κ2) is 2.82. The second-order valence-corrected chi connectivity index (χ2v) is 3.86. The molecule has 1 aromatic rings. The quantitative estimate of drug-likeness (QED) is 0.626. The predicted molar refractivity (Wildman–Crippen MR) is 50.3 cm³/mol. The molecule has 0 aliphatic heterocycles. The molecular weight excluding hydrogens is 164 g/mol. The summed E-state index contributed by atoms with van der Waals surface area (Å²) >= 11 is 0. The lowest BCUT2D eigenvalue weighted by Crippen LogP contribution is -2.40. The Bertz CT molecular complexity index is 318. The molecule has 1 aliphatic carbocycles. The van der Waals surface area contributed by atoms with Crippen LogP contribution in [0.5, 0.6) is 0 Å². The SMILES string of the molecule is C[C@]1(O)c2ccccc2CC[C@H]1O. The van der Waals surface area contributed by atoms with Crippen molar-refractivity contribution in [2.45, 2.75) is 31.5 Å². The first kappa shape index (κ1) is 8.73. The first-order valence-corrected chi connectivity index (χ1v) is 4.61. The summed E-state index contributed by atoms with van der Waals surface area (Å²) < 4.78 is 0. The van der Waals surface area contributed by atoms with Crippen LogP contribution in [0.25, 0.3) is 0 Å². The summed E-state index contributed by atoms with van der Waals surface area (Å²) in [5.74, 6) is 0. The highest BCUT2D eigenvalue weighted by Crippen LogP contribution is 2.34. The number of fused-ring (bicyclic) bond motifs is 1. The number of aliphatic hydroxyl groups is 2. The van der Waals surface area contributed by atoms with Crippen LogP contribution in [-0.4, -0.2) is 16.3 Å². The number of benzene rings is 1. The van der Waals surface area contributed by atoms with Crippen molar-refractivity contribution in [2.24, 2.45) is 0 Å². The van der Waals surface area contributed by atoms with Crippen LogP contribution in [0.2, 0.25) is 0 Å². The summed E-state index contributed by atoms with van der Waals surface area (Å²) in [7, 11) is 0. The van der Waals surface area contributed by atoms with Gasteiger partial charge in [0.2, 0.25) is 0 Å². The number of hydrogen-bond donors (Lipinski definition) is 2. The van der Waals surface area contributed by atoms with Crippen LogP contribution in [-0.2, 0) is 12.0 Å². The number of rotatable bonds is 0. The van der Waals surface area contributed by atoms with E-state index in [1.807, 2.05) is 24.3 Å². The molecule has 0 bridgehead atoms. The topological polar surface area (TPSA) is 40.5 Å². The lowest BCUT2D eigenvalue weighted by atomic mass is 9.78. The van der Waals surface area contributed by atoms with Crippen LogP contribution in [0.15, 0.2) is 24.3 Å². The summed E-state index contributed by atoms with van der Waals surface area (Å²) in [6.07, 6.45) is 0.861. The highest BCUT2D eigenvalue weighted by Gasteiger charge is 2.37. The molecule has 13 heavy (non-hydrogen) atoms. The Labute approximate surface area is 77.8 Å². The minimum absolute atomic E-state index is 0.637. The Balaban J connectivity index is 2.52. The second-order valence-electron chi connectivity index (χ2n) is 3.86. The van der Waals surface area contributed by atoms with Gasteiger partial charge in [-0.15, -0.1) is 0 Å². The maximum Gasteiger partial charge on any atom is 0.113 e. The van der Waals surface area contributed by atoms with Crippen molar-refractivity contribution in [2.75, 3.05) is 0 Å². The van der Waals surface area contributed by atoms with Crippen molar-refractivity contribution < 1.29 is 10.2 Å². The van der Waals surface area contributed by atoms with Gasteiger partial charge in [-0.1, -0.05) is 24.3 Å². The molecule has 0 spiro atoms. The first-order valence-electron chi connectivity index (χ1n) is 4.61. The van der Waals surface area contributed by atoms with Crippen LogP contribution in [0.4, 0.5) is 0 Å².